The van der Waals surface area contributed by atoms with Gasteiger partial charge in [0.25, 0.3) is 10.0 Å². The minimum atomic E-state index is -4.20. The molecule has 0 spiro atoms. The summed E-state index contributed by atoms with van der Waals surface area (Å²) in [4.78, 5) is -0.130. The SMILES string of the molecule is Cc1cccc(S(=O)(=O)NS(=O)(=O)CCOC2(C#N)CCOCC2)c1. The van der Waals surface area contributed by atoms with Crippen LogP contribution < -0.4 is 4.13 Å². The van der Waals surface area contributed by atoms with Crippen molar-refractivity contribution in [2.75, 3.05) is 25.6 Å². The summed E-state index contributed by atoms with van der Waals surface area (Å²) in [6.45, 7) is 2.14. The Hall–Kier alpha value is -1.51. The lowest BCUT2D eigenvalue weighted by Crippen LogP contribution is -2.40. The smallest absolute Gasteiger partial charge is 0.253 e. The molecular formula is C15H20N2O6S2. The van der Waals surface area contributed by atoms with Gasteiger partial charge in [-0.3, -0.25) is 0 Å². The molecule has 25 heavy (non-hydrogen) atoms. The Morgan fingerprint density at radius 3 is 2.56 bits per heavy atom. The zero-order chi connectivity index (χ0) is 18.6. The number of nitrogens with zero attached hydrogens (tertiary/aromatic N) is 1. The van der Waals surface area contributed by atoms with Gasteiger partial charge < -0.3 is 9.47 Å². The van der Waals surface area contributed by atoms with E-state index in [4.69, 9.17) is 9.47 Å². The van der Waals surface area contributed by atoms with E-state index in [0.717, 1.165) is 0 Å². The maximum absolute atomic E-state index is 12.2. The number of nitriles is 1. The highest BCUT2D eigenvalue weighted by molar-refractivity contribution is 8.04. The molecule has 10 heteroatoms. The maximum atomic E-state index is 12.2. The molecule has 1 saturated heterocycles. The van der Waals surface area contributed by atoms with Crippen LogP contribution in [0.5, 0.6) is 0 Å². The molecular weight excluding hydrogens is 368 g/mol. The Kier molecular flexibility index (Phi) is 6.18. The van der Waals surface area contributed by atoms with E-state index in [1.54, 1.807) is 17.1 Å². The third kappa shape index (κ3) is 5.49. The monoisotopic (exact) mass is 388 g/mol. The largest absolute Gasteiger partial charge is 0.381 e. The van der Waals surface area contributed by atoms with Crippen LogP contribution in [-0.2, 0) is 29.5 Å². The topological polar surface area (TPSA) is 123 Å². The van der Waals surface area contributed by atoms with Gasteiger partial charge in [-0.15, -0.1) is 4.13 Å². The predicted molar refractivity (Wildman–Crippen MR) is 89.6 cm³/mol. The Morgan fingerprint density at radius 2 is 1.96 bits per heavy atom. The second kappa shape index (κ2) is 7.80. The first kappa shape index (κ1) is 19.8. The van der Waals surface area contributed by atoms with Gasteiger partial charge in [0.05, 0.1) is 36.5 Å². The summed E-state index contributed by atoms with van der Waals surface area (Å²) in [5.74, 6) is -0.567. The molecule has 0 unspecified atom stereocenters. The van der Waals surface area contributed by atoms with Crippen LogP contribution in [-0.4, -0.2) is 48.0 Å². The van der Waals surface area contributed by atoms with E-state index in [1.807, 2.05) is 6.07 Å². The van der Waals surface area contributed by atoms with Crippen LogP contribution in [0.3, 0.4) is 0 Å². The maximum Gasteiger partial charge on any atom is 0.253 e. The Bertz CT molecular complexity index is 852. The van der Waals surface area contributed by atoms with E-state index >= 15 is 0 Å². The molecule has 0 atom stereocenters. The number of sulfonamides is 2. The van der Waals surface area contributed by atoms with Crippen LogP contribution in [0.4, 0.5) is 0 Å². The third-order valence-corrected chi connectivity index (χ3v) is 7.24. The van der Waals surface area contributed by atoms with Crippen LogP contribution in [0.25, 0.3) is 0 Å². The number of nitrogens with one attached hydrogen (secondary N) is 1. The van der Waals surface area contributed by atoms with E-state index in [-0.39, 0.29) is 11.5 Å². The van der Waals surface area contributed by atoms with Gasteiger partial charge in [0.15, 0.2) is 5.60 Å². The quantitative estimate of drug-likeness (QED) is 0.729. The molecule has 0 saturated carbocycles. The molecule has 8 nitrogen and oxygen atoms in total. The zero-order valence-electron chi connectivity index (χ0n) is 13.8. The molecule has 1 N–H and O–H groups in total. The highest BCUT2D eigenvalue weighted by atomic mass is 32.3. The second-order valence-electron chi connectivity index (χ2n) is 5.79. The number of ether oxygens (including phenoxy) is 2. The standard InChI is InChI=1S/C15H20N2O6S2/c1-13-3-2-4-14(11-13)25(20,21)17-24(18,19)10-9-23-15(12-16)5-7-22-8-6-15/h2-4,11,17H,5-10H2,1H3. The van der Waals surface area contributed by atoms with E-state index in [9.17, 15) is 22.1 Å². The second-order valence-corrected chi connectivity index (χ2v) is 9.57. The summed E-state index contributed by atoms with van der Waals surface area (Å²) in [5, 5.41) is 9.24. The molecule has 1 aromatic rings. The number of rotatable bonds is 7. The first-order chi connectivity index (χ1) is 11.7. The Balaban J connectivity index is 1.99. The molecule has 0 aliphatic carbocycles. The molecule has 1 aliphatic rings. The van der Waals surface area contributed by atoms with Crippen LogP contribution in [0.15, 0.2) is 29.2 Å². The van der Waals surface area contributed by atoms with Crippen LogP contribution in [0.2, 0.25) is 0 Å². The fraction of sp³-hybridized carbons (Fsp3) is 0.533. The van der Waals surface area contributed by atoms with E-state index in [0.29, 0.717) is 31.6 Å². The van der Waals surface area contributed by atoms with Gasteiger partial charge in [0.1, 0.15) is 0 Å². The van der Waals surface area contributed by atoms with Gasteiger partial charge in [-0.05, 0) is 24.6 Å². The van der Waals surface area contributed by atoms with Crippen molar-refractivity contribution >= 4 is 20.0 Å². The fourth-order valence-corrected chi connectivity index (χ4v) is 5.33. The summed E-state index contributed by atoms with van der Waals surface area (Å²) >= 11 is 0. The van der Waals surface area contributed by atoms with Crippen molar-refractivity contribution in [2.24, 2.45) is 0 Å². The van der Waals surface area contributed by atoms with Gasteiger partial charge in [-0.2, -0.15) is 5.26 Å². The lowest BCUT2D eigenvalue weighted by molar-refractivity contribution is -0.0708. The average Bonchev–Trinajstić information content (AvgIpc) is 2.54. The van der Waals surface area contributed by atoms with Crippen molar-refractivity contribution in [3.05, 3.63) is 29.8 Å². The molecule has 0 bridgehead atoms. The summed E-state index contributed by atoms with van der Waals surface area (Å²) in [6, 6.07) is 7.97. The van der Waals surface area contributed by atoms with Gasteiger partial charge in [0, 0.05) is 12.8 Å². The fourth-order valence-electron chi connectivity index (χ4n) is 2.38. The van der Waals surface area contributed by atoms with Crippen molar-refractivity contribution < 1.29 is 26.3 Å². The van der Waals surface area contributed by atoms with Gasteiger partial charge in [-0.1, -0.05) is 12.1 Å². The minimum absolute atomic E-state index is 0.130. The Morgan fingerprint density at radius 1 is 1.28 bits per heavy atom. The minimum Gasteiger partial charge on any atom is -0.381 e. The highest BCUT2D eigenvalue weighted by Gasteiger charge is 2.34. The molecule has 1 fully saturated rings. The average molecular weight is 388 g/mol. The zero-order valence-corrected chi connectivity index (χ0v) is 15.4. The van der Waals surface area contributed by atoms with Gasteiger partial charge in [-0.25, -0.2) is 16.8 Å². The number of hydrogen-bond donors (Lipinski definition) is 1. The first-order valence-corrected chi connectivity index (χ1v) is 10.8. The molecule has 0 radical (unpaired) electrons. The van der Waals surface area contributed by atoms with Crippen molar-refractivity contribution in [2.45, 2.75) is 30.3 Å². The number of benzene rings is 1. The van der Waals surface area contributed by atoms with Crippen LogP contribution in [0, 0.1) is 18.3 Å². The molecule has 1 aliphatic heterocycles. The van der Waals surface area contributed by atoms with Gasteiger partial charge in [0.2, 0.25) is 10.0 Å². The molecule has 1 aromatic carbocycles. The van der Waals surface area contributed by atoms with E-state index in [1.165, 1.54) is 18.2 Å². The number of hydrogen-bond acceptors (Lipinski definition) is 7. The summed E-state index contributed by atoms with van der Waals surface area (Å²) in [5.41, 5.74) is -0.387. The van der Waals surface area contributed by atoms with Crippen molar-refractivity contribution in [3.63, 3.8) is 0 Å². The normalized spacial score (nSPS) is 17.8. The van der Waals surface area contributed by atoms with Gasteiger partial charge >= 0.3 is 0 Å². The van der Waals surface area contributed by atoms with E-state index < -0.39 is 31.4 Å². The third-order valence-electron chi connectivity index (χ3n) is 3.77. The van der Waals surface area contributed by atoms with Crippen molar-refractivity contribution in [1.29, 1.82) is 5.26 Å². The molecule has 2 rings (SSSR count). The first-order valence-electron chi connectivity index (χ1n) is 7.64. The molecule has 0 aromatic heterocycles. The van der Waals surface area contributed by atoms with Crippen LogP contribution in [0.1, 0.15) is 18.4 Å². The lowest BCUT2D eigenvalue weighted by Gasteiger charge is -2.30. The molecule has 138 valence electrons. The lowest BCUT2D eigenvalue weighted by atomic mass is 9.96. The Labute approximate surface area is 147 Å². The molecule has 0 amide bonds. The van der Waals surface area contributed by atoms with E-state index in [2.05, 4.69) is 0 Å². The summed E-state index contributed by atoms with van der Waals surface area (Å²) in [6.07, 6.45) is 0.692. The summed E-state index contributed by atoms with van der Waals surface area (Å²) in [7, 11) is -8.33. The highest BCUT2D eigenvalue weighted by Crippen LogP contribution is 2.24. The van der Waals surface area contributed by atoms with Crippen molar-refractivity contribution in [3.8, 4) is 6.07 Å². The predicted octanol–water partition coefficient (Wildman–Crippen LogP) is 0.692. The number of aryl methyl sites for hydroxylation is 1. The summed E-state index contributed by atoms with van der Waals surface area (Å²) < 4.78 is 60.8. The van der Waals surface area contributed by atoms with Crippen LogP contribution >= 0.6 is 0 Å². The molecule has 1 heterocycles. The van der Waals surface area contributed by atoms with Crippen molar-refractivity contribution in [1.82, 2.24) is 4.13 Å².